The molecule has 1 aliphatic carbocycles. The molecule has 5 heteroatoms. The third-order valence-corrected chi connectivity index (χ3v) is 4.49. The maximum atomic E-state index is 12.2. The summed E-state index contributed by atoms with van der Waals surface area (Å²) in [6.45, 7) is 3.88. The summed E-state index contributed by atoms with van der Waals surface area (Å²) in [6, 6.07) is 9.73. The Morgan fingerprint density at radius 1 is 1.09 bits per heavy atom. The molecule has 4 N–H and O–H groups in total. The van der Waals surface area contributed by atoms with E-state index >= 15 is 0 Å². The lowest BCUT2D eigenvalue weighted by molar-refractivity contribution is -0.710. The number of nitrogens with two attached hydrogens (primary N) is 1. The van der Waals surface area contributed by atoms with Crippen LogP contribution in [0.15, 0.2) is 30.3 Å². The third kappa shape index (κ3) is 5.67. The van der Waals surface area contributed by atoms with Crippen molar-refractivity contribution in [3.63, 3.8) is 0 Å². The van der Waals surface area contributed by atoms with Crippen LogP contribution in [0.5, 0.6) is 0 Å². The van der Waals surface area contributed by atoms with E-state index in [2.05, 4.69) is 17.6 Å². The van der Waals surface area contributed by atoms with E-state index < -0.39 is 0 Å². The van der Waals surface area contributed by atoms with Crippen molar-refractivity contribution in [3.8, 4) is 0 Å². The Labute approximate surface area is 138 Å². The zero-order valence-corrected chi connectivity index (χ0v) is 14.0. The second-order valence-corrected chi connectivity index (χ2v) is 6.48. The van der Waals surface area contributed by atoms with Gasteiger partial charge in [-0.15, -0.1) is 0 Å². The van der Waals surface area contributed by atoms with E-state index in [1.54, 1.807) is 0 Å². The molecule has 2 atom stereocenters. The van der Waals surface area contributed by atoms with Gasteiger partial charge in [0.1, 0.15) is 6.04 Å². The molecule has 0 aliphatic heterocycles. The Bertz CT molecular complexity index is 512. The van der Waals surface area contributed by atoms with Crippen LogP contribution in [0.3, 0.4) is 0 Å². The van der Waals surface area contributed by atoms with Gasteiger partial charge in [0.15, 0.2) is 6.04 Å². The summed E-state index contributed by atoms with van der Waals surface area (Å²) in [5, 5.41) is 7.34. The topological polar surface area (TPSA) is 74.8 Å². The van der Waals surface area contributed by atoms with Gasteiger partial charge in [-0.25, -0.2) is 4.79 Å². The molecule has 0 spiro atoms. The highest BCUT2D eigenvalue weighted by atomic mass is 16.2. The normalized spacial score (nSPS) is 18.0. The molecule has 126 valence electrons. The summed E-state index contributed by atoms with van der Waals surface area (Å²) in [6.07, 6.45) is 5.56. The minimum absolute atomic E-state index is 0.165. The van der Waals surface area contributed by atoms with Crippen LogP contribution in [0.4, 0.5) is 4.79 Å². The first-order valence-corrected chi connectivity index (χ1v) is 8.57. The molecule has 2 rings (SSSR count). The standard InChI is InChI=1S/C18H27N3O2/c1-13(15-9-5-3-6-10-15)19-14(2)17(22)21-18(23)20-16-11-7-4-8-12-16/h3,5-6,9-10,13-14,16,19H,4,7-8,11-12H2,1-2H3,(H2,20,21,22,23)/p+1/t13-,14-/m0/s1. The van der Waals surface area contributed by atoms with Crippen molar-refractivity contribution in [2.45, 2.75) is 64.1 Å². The van der Waals surface area contributed by atoms with E-state index in [0.29, 0.717) is 0 Å². The monoisotopic (exact) mass is 318 g/mol. The number of urea groups is 1. The van der Waals surface area contributed by atoms with Crippen LogP contribution in [-0.2, 0) is 4.79 Å². The van der Waals surface area contributed by atoms with E-state index in [1.165, 1.54) is 12.0 Å². The Balaban J connectivity index is 1.76. The molecule has 3 amide bonds. The zero-order chi connectivity index (χ0) is 16.7. The highest BCUT2D eigenvalue weighted by Gasteiger charge is 2.23. The van der Waals surface area contributed by atoms with Crippen molar-refractivity contribution >= 4 is 11.9 Å². The fraction of sp³-hybridized carbons (Fsp3) is 0.556. The first-order chi connectivity index (χ1) is 11.1. The van der Waals surface area contributed by atoms with Crippen LogP contribution < -0.4 is 16.0 Å². The Morgan fingerprint density at radius 3 is 2.39 bits per heavy atom. The molecule has 0 unspecified atom stereocenters. The second-order valence-electron chi connectivity index (χ2n) is 6.48. The lowest BCUT2D eigenvalue weighted by atomic mass is 9.96. The van der Waals surface area contributed by atoms with Crippen molar-refractivity contribution in [2.24, 2.45) is 0 Å². The molecule has 1 aromatic rings. The van der Waals surface area contributed by atoms with Crippen molar-refractivity contribution in [3.05, 3.63) is 35.9 Å². The number of hydrogen-bond acceptors (Lipinski definition) is 2. The number of carbonyl (C=O) groups excluding carboxylic acids is 2. The number of imide groups is 1. The van der Waals surface area contributed by atoms with Crippen molar-refractivity contribution in [1.29, 1.82) is 0 Å². The smallest absolute Gasteiger partial charge is 0.321 e. The summed E-state index contributed by atoms with van der Waals surface area (Å²) in [5.41, 5.74) is 1.17. The Kier molecular flexibility index (Phi) is 6.59. The average Bonchev–Trinajstić information content (AvgIpc) is 2.56. The van der Waals surface area contributed by atoms with Gasteiger partial charge in [-0.05, 0) is 26.7 Å². The van der Waals surface area contributed by atoms with Crippen LogP contribution in [-0.4, -0.2) is 24.0 Å². The quantitative estimate of drug-likeness (QED) is 0.775. The van der Waals surface area contributed by atoms with Gasteiger partial charge in [0, 0.05) is 11.6 Å². The SMILES string of the molecule is C[C@H]([NH2+][C@@H](C)c1ccccc1)C(=O)NC(=O)NC1CCCCC1. The summed E-state index contributed by atoms with van der Waals surface area (Å²) in [5.74, 6) is -0.249. The number of rotatable bonds is 5. The van der Waals surface area contributed by atoms with Gasteiger partial charge in [0.2, 0.25) is 0 Å². The predicted octanol–water partition coefficient (Wildman–Crippen LogP) is 1.86. The number of nitrogens with one attached hydrogen (secondary N) is 2. The van der Waals surface area contributed by atoms with Gasteiger partial charge in [-0.1, -0.05) is 49.6 Å². The second kappa shape index (κ2) is 8.67. The number of amides is 3. The van der Waals surface area contributed by atoms with E-state index in [4.69, 9.17) is 0 Å². The van der Waals surface area contributed by atoms with Gasteiger partial charge < -0.3 is 10.6 Å². The van der Waals surface area contributed by atoms with Gasteiger partial charge in [-0.3, -0.25) is 10.1 Å². The maximum absolute atomic E-state index is 12.2. The molecular formula is C18H28N3O2+. The lowest BCUT2D eigenvalue weighted by Crippen LogP contribution is -2.92. The van der Waals surface area contributed by atoms with Crippen LogP contribution in [0.2, 0.25) is 0 Å². The molecular weight excluding hydrogens is 290 g/mol. The minimum Gasteiger partial charge on any atom is -0.335 e. The maximum Gasteiger partial charge on any atom is 0.321 e. The molecule has 1 saturated carbocycles. The number of hydrogen-bond donors (Lipinski definition) is 3. The third-order valence-electron chi connectivity index (χ3n) is 4.49. The summed E-state index contributed by atoms with van der Waals surface area (Å²) in [4.78, 5) is 24.1. The molecule has 1 aromatic carbocycles. The van der Waals surface area contributed by atoms with Gasteiger partial charge >= 0.3 is 6.03 Å². The summed E-state index contributed by atoms with van der Waals surface area (Å²) in [7, 11) is 0. The predicted molar refractivity (Wildman–Crippen MR) is 89.8 cm³/mol. The number of benzene rings is 1. The van der Waals surface area contributed by atoms with Crippen molar-refractivity contribution < 1.29 is 14.9 Å². The van der Waals surface area contributed by atoms with E-state index in [0.717, 1.165) is 25.7 Å². The van der Waals surface area contributed by atoms with Gasteiger partial charge in [-0.2, -0.15) is 0 Å². The molecule has 5 nitrogen and oxygen atoms in total. The molecule has 1 aliphatic rings. The zero-order valence-electron chi connectivity index (χ0n) is 14.0. The highest BCUT2D eigenvalue weighted by Crippen LogP contribution is 2.17. The molecule has 23 heavy (non-hydrogen) atoms. The van der Waals surface area contributed by atoms with E-state index in [9.17, 15) is 9.59 Å². The molecule has 0 radical (unpaired) electrons. The van der Waals surface area contributed by atoms with Crippen molar-refractivity contribution in [2.75, 3.05) is 0 Å². The molecule has 0 bridgehead atoms. The first kappa shape index (κ1) is 17.5. The van der Waals surface area contributed by atoms with Crippen molar-refractivity contribution in [1.82, 2.24) is 10.6 Å². The van der Waals surface area contributed by atoms with Crippen LogP contribution in [0.1, 0.15) is 57.6 Å². The minimum atomic E-state index is -0.366. The Morgan fingerprint density at radius 2 is 1.74 bits per heavy atom. The summed E-state index contributed by atoms with van der Waals surface area (Å²) >= 11 is 0. The summed E-state index contributed by atoms with van der Waals surface area (Å²) < 4.78 is 0. The fourth-order valence-corrected chi connectivity index (χ4v) is 3.08. The highest BCUT2D eigenvalue weighted by molar-refractivity contribution is 5.96. The number of carbonyl (C=O) groups is 2. The van der Waals surface area contributed by atoms with E-state index in [1.807, 2.05) is 42.6 Å². The van der Waals surface area contributed by atoms with Crippen LogP contribution >= 0.6 is 0 Å². The average molecular weight is 318 g/mol. The molecule has 0 saturated heterocycles. The lowest BCUT2D eigenvalue weighted by Gasteiger charge is -2.23. The molecule has 1 fully saturated rings. The molecule has 0 aromatic heterocycles. The van der Waals surface area contributed by atoms with Gasteiger partial charge in [0.05, 0.1) is 0 Å². The van der Waals surface area contributed by atoms with E-state index in [-0.39, 0.29) is 30.1 Å². The molecule has 0 heterocycles. The van der Waals surface area contributed by atoms with Crippen LogP contribution in [0, 0.1) is 0 Å². The van der Waals surface area contributed by atoms with Crippen LogP contribution in [0.25, 0.3) is 0 Å². The van der Waals surface area contributed by atoms with Gasteiger partial charge in [0.25, 0.3) is 5.91 Å². The number of quaternary nitrogens is 1. The largest absolute Gasteiger partial charge is 0.335 e. The first-order valence-electron chi connectivity index (χ1n) is 8.57. The Hall–Kier alpha value is -1.88. The fourth-order valence-electron chi connectivity index (χ4n) is 3.08.